The van der Waals surface area contributed by atoms with E-state index in [1.165, 1.54) is 25.7 Å². The minimum Gasteiger partial charge on any atom is -0.351 e. The van der Waals surface area contributed by atoms with Crippen molar-refractivity contribution >= 4 is 23.6 Å². The van der Waals surface area contributed by atoms with E-state index in [4.69, 9.17) is 5.73 Å². The Kier molecular flexibility index (Phi) is 15.3. The third kappa shape index (κ3) is 13.5. The quantitative estimate of drug-likeness (QED) is 0.249. The van der Waals surface area contributed by atoms with Crippen LogP contribution in [0.5, 0.6) is 0 Å². The second-order valence-corrected chi connectivity index (χ2v) is 10.6. The smallest absolute Gasteiger partial charge is 0.243 e. The van der Waals surface area contributed by atoms with Gasteiger partial charge in [-0.05, 0) is 37.6 Å². The number of unbranched alkanes of at least 4 members (excludes halogenated alkanes) is 5. The van der Waals surface area contributed by atoms with Gasteiger partial charge < -0.3 is 27.0 Å². The van der Waals surface area contributed by atoms with E-state index in [-0.39, 0.29) is 36.7 Å². The Morgan fingerprint density at radius 3 is 2.06 bits per heavy atom. The van der Waals surface area contributed by atoms with Gasteiger partial charge in [-0.3, -0.25) is 19.2 Å². The predicted molar refractivity (Wildman–Crippen MR) is 138 cm³/mol. The number of nitrogens with two attached hydrogens (primary N) is 1. The van der Waals surface area contributed by atoms with E-state index in [0.717, 1.165) is 25.2 Å². The molecule has 0 aromatic carbocycles. The van der Waals surface area contributed by atoms with Crippen molar-refractivity contribution in [2.24, 2.45) is 17.6 Å². The van der Waals surface area contributed by atoms with Gasteiger partial charge >= 0.3 is 0 Å². The van der Waals surface area contributed by atoms with Gasteiger partial charge in [0.25, 0.3) is 0 Å². The SMILES string of the molecule is CC(C)CCCCCCCCC1CC(=O)NCC(=O)N[C@@H](CCCN)C(=O)NC(C(C)C)C(=O)N1. The molecular formula is C26H49N5O4. The molecule has 0 bridgehead atoms. The molecule has 1 heterocycles. The molecule has 1 aliphatic rings. The Bertz CT molecular complexity index is 668. The lowest BCUT2D eigenvalue weighted by Gasteiger charge is -2.27. The molecule has 6 N–H and O–H groups in total. The molecule has 0 spiro atoms. The third-order valence-corrected chi connectivity index (χ3v) is 6.40. The van der Waals surface area contributed by atoms with Gasteiger partial charge in [-0.1, -0.05) is 72.6 Å². The number of rotatable bonds is 13. The van der Waals surface area contributed by atoms with Gasteiger partial charge in [0.2, 0.25) is 23.6 Å². The summed E-state index contributed by atoms with van der Waals surface area (Å²) in [5.41, 5.74) is 5.57. The maximum atomic E-state index is 13.1. The number of carbonyl (C=O) groups is 4. The molecule has 1 fully saturated rings. The van der Waals surface area contributed by atoms with Crippen LogP contribution in [-0.4, -0.2) is 54.8 Å². The van der Waals surface area contributed by atoms with E-state index >= 15 is 0 Å². The summed E-state index contributed by atoms with van der Waals surface area (Å²) in [6, 6.07) is -1.92. The van der Waals surface area contributed by atoms with Gasteiger partial charge in [0.15, 0.2) is 0 Å². The molecule has 9 heteroatoms. The minimum atomic E-state index is -0.811. The summed E-state index contributed by atoms with van der Waals surface area (Å²) in [7, 11) is 0. The first-order chi connectivity index (χ1) is 16.6. The molecule has 35 heavy (non-hydrogen) atoms. The summed E-state index contributed by atoms with van der Waals surface area (Å²) in [4.78, 5) is 50.8. The highest BCUT2D eigenvalue weighted by atomic mass is 16.2. The van der Waals surface area contributed by atoms with Crippen LogP contribution < -0.4 is 27.0 Å². The number of amides is 4. The first-order valence-electron chi connectivity index (χ1n) is 13.5. The highest BCUT2D eigenvalue weighted by Gasteiger charge is 2.30. The van der Waals surface area contributed by atoms with E-state index in [2.05, 4.69) is 35.1 Å². The Morgan fingerprint density at radius 1 is 0.771 bits per heavy atom. The summed E-state index contributed by atoms with van der Waals surface area (Å²) in [5, 5.41) is 11.1. The third-order valence-electron chi connectivity index (χ3n) is 6.40. The molecule has 2 unspecified atom stereocenters. The van der Waals surface area contributed by atoms with Crippen molar-refractivity contribution in [2.75, 3.05) is 13.1 Å². The van der Waals surface area contributed by atoms with Gasteiger partial charge in [0.05, 0.1) is 6.54 Å². The second kappa shape index (κ2) is 17.3. The first kappa shape index (κ1) is 30.9. The van der Waals surface area contributed by atoms with Crippen LogP contribution in [0.3, 0.4) is 0 Å². The highest BCUT2D eigenvalue weighted by Crippen LogP contribution is 2.14. The monoisotopic (exact) mass is 495 g/mol. The molecule has 0 saturated carbocycles. The van der Waals surface area contributed by atoms with Crippen LogP contribution in [0, 0.1) is 11.8 Å². The summed E-state index contributed by atoms with van der Waals surface area (Å²) >= 11 is 0. The van der Waals surface area contributed by atoms with Crippen LogP contribution in [0.2, 0.25) is 0 Å². The van der Waals surface area contributed by atoms with E-state index < -0.39 is 23.9 Å². The molecule has 1 saturated heterocycles. The van der Waals surface area contributed by atoms with Crippen molar-refractivity contribution < 1.29 is 19.2 Å². The lowest BCUT2D eigenvalue weighted by molar-refractivity contribution is -0.133. The van der Waals surface area contributed by atoms with Crippen LogP contribution >= 0.6 is 0 Å². The summed E-state index contributed by atoms with van der Waals surface area (Å²) < 4.78 is 0. The van der Waals surface area contributed by atoms with Crippen molar-refractivity contribution in [3.8, 4) is 0 Å². The summed E-state index contributed by atoms with van der Waals surface area (Å²) in [6.07, 6.45) is 9.74. The Labute approximate surface area is 211 Å². The van der Waals surface area contributed by atoms with E-state index in [9.17, 15) is 19.2 Å². The number of carbonyl (C=O) groups excluding carboxylic acids is 4. The molecule has 3 atom stereocenters. The summed E-state index contributed by atoms with van der Waals surface area (Å²) in [6.45, 7) is 8.38. The lowest BCUT2D eigenvalue weighted by atomic mass is 9.99. The van der Waals surface area contributed by atoms with Gasteiger partial charge in [0.1, 0.15) is 12.1 Å². The summed E-state index contributed by atoms with van der Waals surface area (Å²) in [5.74, 6) is -0.864. The van der Waals surface area contributed by atoms with Crippen LogP contribution in [0.1, 0.15) is 98.3 Å². The zero-order valence-electron chi connectivity index (χ0n) is 22.3. The zero-order valence-corrected chi connectivity index (χ0v) is 22.3. The molecule has 1 rings (SSSR count). The van der Waals surface area contributed by atoms with Crippen molar-refractivity contribution in [3.63, 3.8) is 0 Å². The van der Waals surface area contributed by atoms with Crippen molar-refractivity contribution in [1.29, 1.82) is 0 Å². The molecule has 1 aliphatic heterocycles. The van der Waals surface area contributed by atoms with Gasteiger partial charge in [-0.2, -0.15) is 0 Å². The Morgan fingerprint density at radius 2 is 1.43 bits per heavy atom. The number of nitrogens with one attached hydrogen (secondary N) is 4. The van der Waals surface area contributed by atoms with Gasteiger partial charge in [0, 0.05) is 12.5 Å². The maximum absolute atomic E-state index is 13.1. The second-order valence-electron chi connectivity index (χ2n) is 10.6. The number of hydrogen-bond acceptors (Lipinski definition) is 5. The Balaban J connectivity index is 2.77. The predicted octanol–water partition coefficient (Wildman–Crippen LogP) is 2.13. The maximum Gasteiger partial charge on any atom is 0.243 e. The van der Waals surface area contributed by atoms with Crippen LogP contribution in [0.4, 0.5) is 0 Å². The van der Waals surface area contributed by atoms with Crippen LogP contribution in [0.25, 0.3) is 0 Å². The topological polar surface area (TPSA) is 142 Å². The first-order valence-corrected chi connectivity index (χ1v) is 13.5. The zero-order chi connectivity index (χ0) is 26.2. The van der Waals surface area contributed by atoms with Crippen LogP contribution in [0.15, 0.2) is 0 Å². The largest absolute Gasteiger partial charge is 0.351 e. The van der Waals surface area contributed by atoms with Gasteiger partial charge in [-0.25, -0.2) is 0 Å². The molecule has 4 amide bonds. The van der Waals surface area contributed by atoms with E-state index in [0.29, 0.717) is 25.8 Å². The molecule has 9 nitrogen and oxygen atoms in total. The van der Waals surface area contributed by atoms with Crippen molar-refractivity contribution in [2.45, 2.75) is 116 Å². The van der Waals surface area contributed by atoms with E-state index in [1.807, 2.05) is 13.8 Å². The molecule has 0 radical (unpaired) electrons. The fraction of sp³-hybridized carbons (Fsp3) is 0.846. The van der Waals surface area contributed by atoms with Crippen molar-refractivity contribution in [3.05, 3.63) is 0 Å². The van der Waals surface area contributed by atoms with Crippen LogP contribution in [-0.2, 0) is 19.2 Å². The normalized spacial score (nSPS) is 22.5. The average Bonchev–Trinajstić information content (AvgIpc) is 2.79. The fourth-order valence-corrected chi connectivity index (χ4v) is 4.27. The molecule has 0 aromatic heterocycles. The molecular weight excluding hydrogens is 446 g/mol. The molecule has 202 valence electrons. The van der Waals surface area contributed by atoms with E-state index in [1.54, 1.807) is 0 Å². The van der Waals surface area contributed by atoms with Gasteiger partial charge in [-0.15, -0.1) is 0 Å². The minimum absolute atomic E-state index is 0.1000. The van der Waals surface area contributed by atoms with Crippen molar-refractivity contribution in [1.82, 2.24) is 21.3 Å². The number of hydrogen-bond donors (Lipinski definition) is 5. The fourth-order valence-electron chi connectivity index (χ4n) is 4.27. The lowest BCUT2D eigenvalue weighted by Crippen LogP contribution is -2.56. The molecule has 0 aliphatic carbocycles. The highest BCUT2D eigenvalue weighted by molar-refractivity contribution is 5.94. The molecule has 0 aromatic rings. The Hall–Kier alpha value is -2.16. The average molecular weight is 496 g/mol. The standard InChI is InChI=1S/C26H49N5O4/c1-18(2)12-9-7-5-6-8-10-13-20-16-22(32)28-17-23(33)30-21(14-11-15-27)25(34)31-24(19(3)4)26(35)29-20/h18-21,24H,5-17,27H2,1-4H3,(H,28,32)(H,29,35)(H,30,33)(H,31,34)/t20?,21-,24?/m0/s1.